The topological polar surface area (TPSA) is 13.0 Å². The number of rotatable bonds is 0. The normalized spacial score (nSPS) is 40.8. The number of halogens is 6. The van der Waals surface area contributed by atoms with E-state index in [9.17, 15) is 26.3 Å². The Morgan fingerprint density at radius 1 is 0.640 bits per heavy atom. The minimum Gasteiger partial charge on any atom is -0.169 e. The summed E-state index contributed by atoms with van der Waals surface area (Å²) in [6.45, 7) is 3.21. The molecule has 0 aromatic rings. The van der Waals surface area contributed by atoms with Gasteiger partial charge in [0, 0.05) is 28.2 Å². The third kappa shape index (κ3) is 3.03. The molecule has 0 aromatic heterocycles. The highest BCUT2D eigenvalue weighted by atomic mass is 19.4. The van der Waals surface area contributed by atoms with E-state index in [0.29, 0.717) is 0 Å². The molecule has 25 heavy (non-hydrogen) atoms. The Hall–Kier alpha value is -0.620. The average Bonchev–Trinajstić information content (AvgIpc) is 2.44. The summed E-state index contributed by atoms with van der Waals surface area (Å²) in [5.74, 6) is 0. The molecule has 2 heterocycles. The summed E-state index contributed by atoms with van der Waals surface area (Å²) >= 11 is 0. The summed E-state index contributed by atoms with van der Waals surface area (Å²) in [7, 11) is 5.59. The minimum absolute atomic E-state index is 0.205. The summed E-state index contributed by atoms with van der Waals surface area (Å²) in [6, 6.07) is -4.82. The third-order valence-corrected chi connectivity index (χ3v) is 5.76. The molecule has 0 radical (unpaired) electrons. The summed E-state index contributed by atoms with van der Waals surface area (Å²) < 4.78 is 81.5. The quantitative estimate of drug-likeness (QED) is 0.475. The fourth-order valence-electron chi connectivity index (χ4n) is 4.19. The van der Waals surface area contributed by atoms with Gasteiger partial charge in [0.25, 0.3) is 0 Å². The first kappa shape index (κ1) is 20.7. The van der Waals surface area contributed by atoms with Crippen LogP contribution in [0.3, 0.4) is 0 Å². The van der Waals surface area contributed by atoms with Crippen molar-refractivity contribution in [2.45, 2.75) is 63.2 Å². The van der Waals surface area contributed by atoms with Gasteiger partial charge in [0.1, 0.15) is 0 Å². The lowest BCUT2D eigenvalue weighted by molar-refractivity contribution is -1.29. The Labute approximate surface area is 143 Å². The maximum Gasteiger partial charge on any atom is 0.409 e. The molecule has 1 spiro atoms. The fraction of sp³-hybridized carbons (Fsp3) is 1.00. The summed E-state index contributed by atoms with van der Waals surface area (Å²) in [6.07, 6.45) is -9.48. The summed E-state index contributed by atoms with van der Waals surface area (Å²) in [4.78, 5) is -0.739. The largest absolute Gasteiger partial charge is 0.409 e. The zero-order valence-electron chi connectivity index (χ0n) is 15.2. The second-order valence-electron chi connectivity index (χ2n) is 7.12. The van der Waals surface area contributed by atoms with E-state index >= 15 is 0 Å². The number of hydrogen-bond donors (Lipinski definition) is 0. The molecule has 2 saturated heterocycles. The van der Waals surface area contributed by atoms with Crippen LogP contribution in [0.25, 0.3) is 0 Å². The van der Waals surface area contributed by atoms with E-state index < -0.39 is 41.4 Å². The Bertz CT molecular complexity index is 451. The highest BCUT2D eigenvalue weighted by molar-refractivity contribution is 4.85. The Morgan fingerprint density at radius 2 is 0.920 bits per heavy atom. The number of nitrogens with zero attached hydrogens (tertiary/aromatic N) is 5. The van der Waals surface area contributed by atoms with Crippen LogP contribution in [-0.4, -0.2) is 89.7 Å². The molecule has 4 unspecified atom stereocenters. The van der Waals surface area contributed by atoms with Crippen molar-refractivity contribution in [3.8, 4) is 0 Å². The third-order valence-electron chi connectivity index (χ3n) is 5.76. The Balaban J connectivity index is 2.61. The van der Waals surface area contributed by atoms with Gasteiger partial charge in [0.05, 0.1) is 12.1 Å². The SMILES string of the molecule is CC1CC(C(F)(F)F)N(C)[N+]2(N1C)N(C)C(C)CC(C(F)(F)F)N2C. The van der Waals surface area contributed by atoms with Gasteiger partial charge in [-0.15, -0.1) is 0 Å². The van der Waals surface area contributed by atoms with Crippen LogP contribution >= 0.6 is 0 Å². The monoisotopic (exact) mass is 378 g/mol. The predicted octanol–water partition coefficient (Wildman–Crippen LogP) is 2.64. The van der Waals surface area contributed by atoms with E-state index in [1.165, 1.54) is 14.1 Å². The van der Waals surface area contributed by atoms with Crippen molar-refractivity contribution in [3.05, 3.63) is 0 Å². The second-order valence-corrected chi connectivity index (χ2v) is 7.12. The lowest BCUT2D eigenvalue weighted by Crippen LogP contribution is -2.89. The molecule has 0 amide bonds. The van der Waals surface area contributed by atoms with E-state index in [4.69, 9.17) is 0 Å². The lowest BCUT2D eigenvalue weighted by atomic mass is 10.0. The van der Waals surface area contributed by atoms with Crippen molar-refractivity contribution in [2.24, 2.45) is 0 Å². The Kier molecular flexibility index (Phi) is 5.15. The fourth-order valence-corrected chi connectivity index (χ4v) is 4.19. The molecule has 2 fully saturated rings. The van der Waals surface area contributed by atoms with Gasteiger partial charge in [-0.05, 0) is 31.6 Å². The molecule has 5 nitrogen and oxygen atoms in total. The lowest BCUT2D eigenvalue weighted by Gasteiger charge is -2.64. The van der Waals surface area contributed by atoms with Gasteiger partial charge in [-0.3, -0.25) is 0 Å². The smallest absolute Gasteiger partial charge is 0.169 e. The van der Waals surface area contributed by atoms with Crippen LogP contribution < -0.4 is 0 Å². The zero-order valence-corrected chi connectivity index (χ0v) is 15.2. The maximum absolute atomic E-state index is 13.6. The molecule has 0 N–H and O–H groups in total. The van der Waals surface area contributed by atoms with Crippen LogP contribution in [0.5, 0.6) is 0 Å². The van der Waals surface area contributed by atoms with Gasteiger partial charge in [0.2, 0.25) is 0 Å². The van der Waals surface area contributed by atoms with Gasteiger partial charge in [0.15, 0.2) is 12.1 Å². The van der Waals surface area contributed by atoms with Crippen molar-refractivity contribution < 1.29 is 31.3 Å². The summed E-state index contributed by atoms with van der Waals surface area (Å²) in [5.41, 5.74) is 0. The Morgan fingerprint density at radius 3 is 1.16 bits per heavy atom. The van der Waals surface area contributed by atoms with Crippen LogP contribution in [0.15, 0.2) is 0 Å². The molecule has 0 aromatic carbocycles. The molecule has 2 rings (SSSR count). The van der Waals surface area contributed by atoms with Gasteiger partial charge in [-0.25, -0.2) is 0 Å². The van der Waals surface area contributed by atoms with Crippen LogP contribution in [0.2, 0.25) is 0 Å². The zero-order chi connectivity index (χ0) is 19.5. The average molecular weight is 378 g/mol. The molecule has 2 aliphatic heterocycles. The molecular weight excluding hydrogens is 352 g/mol. The van der Waals surface area contributed by atoms with Crippen molar-refractivity contribution in [3.63, 3.8) is 0 Å². The van der Waals surface area contributed by atoms with Crippen LogP contribution in [0.1, 0.15) is 26.7 Å². The highest BCUT2D eigenvalue weighted by Crippen LogP contribution is 2.45. The first-order valence-corrected chi connectivity index (χ1v) is 8.12. The van der Waals surface area contributed by atoms with E-state index in [-0.39, 0.29) is 12.8 Å². The first-order valence-electron chi connectivity index (χ1n) is 8.12. The second kappa shape index (κ2) is 6.22. The van der Waals surface area contributed by atoms with Gasteiger partial charge >= 0.3 is 12.4 Å². The van der Waals surface area contributed by atoms with Crippen LogP contribution in [0, 0.1) is 0 Å². The van der Waals surface area contributed by atoms with Gasteiger partial charge < -0.3 is 0 Å². The van der Waals surface area contributed by atoms with E-state index in [1.807, 2.05) is 0 Å². The maximum atomic E-state index is 13.6. The molecule has 0 saturated carbocycles. The highest BCUT2D eigenvalue weighted by Gasteiger charge is 2.68. The number of quaternary nitrogens is 1. The molecule has 4 atom stereocenters. The standard InChI is InChI=1S/C14H26F6N5/c1-9-7-11(13(15,16)17)23(5)25(21(9)3)22(4)10(2)8-12(24(25)6)14(18,19)20/h9-12H,7-8H2,1-6H3/q+1. The van der Waals surface area contributed by atoms with Crippen molar-refractivity contribution in [2.75, 3.05) is 28.2 Å². The molecule has 0 aliphatic carbocycles. The van der Waals surface area contributed by atoms with E-state index in [2.05, 4.69) is 0 Å². The molecule has 11 heteroatoms. The molecule has 2 aliphatic rings. The molecule has 0 bridgehead atoms. The van der Waals surface area contributed by atoms with E-state index in [1.54, 1.807) is 38.0 Å². The summed E-state index contributed by atoms with van der Waals surface area (Å²) in [5, 5.41) is 5.07. The van der Waals surface area contributed by atoms with E-state index in [0.717, 1.165) is 10.0 Å². The first-order chi connectivity index (χ1) is 11.2. The predicted molar refractivity (Wildman–Crippen MR) is 79.2 cm³/mol. The van der Waals surface area contributed by atoms with Gasteiger partial charge in [-0.1, -0.05) is 20.0 Å². The van der Waals surface area contributed by atoms with Crippen molar-refractivity contribution >= 4 is 0 Å². The number of hydrogen-bond acceptors (Lipinski definition) is 4. The van der Waals surface area contributed by atoms with Crippen LogP contribution in [-0.2, 0) is 0 Å². The van der Waals surface area contributed by atoms with Gasteiger partial charge in [-0.2, -0.15) is 26.3 Å². The molecular formula is C14H26F6N5+. The number of alkyl halides is 6. The van der Waals surface area contributed by atoms with Crippen molar-refractivity contribution in [1.29, 1.82) is 0 Å². The minimum atomic E-state index is -4.54. The van der Waals surface area contributed by atoms with Crippen molar-refractivity contribution in [1.82, 2.24) is 20.0 Å². The van der Waals surface area contributed by atoms with Crippen LogP contribution in [0.4, 0.5) is 26.3 Å². The molecule has 148 valence electrons.